The Bertz CT molecular complexity index is 401. The van der Waals surface area contributed by atoms with Crippen LogP contribution in [0.25, 0.3) is 0 Å². The minimum Gasteiger partial charge on any atom is -0.383 e. The van der Waals surface area contributed by atoms with E-state index in [2.05, 4.69) is 11.8 Å². The van der Waals surface area contributed by atoms with Crippen molar-refractivity contribution in [1.82, 2.24) is 4.90 Å². The van der Waals surface area contributed by atoms with Gasteiger partial charge in [-0.15, -0.1) is 0 Å². The van der Waals surface area contributed by atoms with E-state index in [-0.39, 0.29) is 11.9 Å². The maximum atomic E-state index is 13.9. The molecule has 1 aromatic rings. The number of nitrogens with zero attached hydrogens (tertiary/aromatic N) is 1. The Morgan fingerprint density at radius 1 is 1.30 bits per heavy atom. The van der Waals surface area contributed by atoms with Crippen molar-refractivity contribution in [2.24, 2.45) is 5.73 Å². The molecular weight excluding hydrogens is 259 g/mol. The number of ether oxygens (including phenoxy) is 2. The van der Waals surface area contributed by atoms with Crippen molar-refractivity contribution in [2.75, 3.05) is 34.0 Å². The summed E-state index contributed by atoms with van der Waals surface area (Å²) >= 11 is 0. The van der Waals surface area contributed by atoms with Crippen LogP contribution in [0.2, 0.25) is 0 Å². The van der Waals surface area contributed by atoms with Gasteiger partial charge in [-0.05, 0) is 18.6 Å². The summed E-state index contributed by atoms with van der Waals surface area (Å²) in [5.74, 6) is -0.200. The van der Waals surface area contributed by atoms with Crippen LogP contribution in [-0.4, -0.2) is 44.9 Å². The molecular formula is C15H25FN2O2. The van der Waals surface area contributed by atoms with Gasteiger partial charge in [0.05, 0.1) is 13.2 Å². The van der Waals surface area contributed by atoms with E-state index in [0.717, 1.165) is 12.1 Å². The average molecular weight is 284 g/mol. The molecule has 4 nitrogen and oxygen atoms in total. The first-order valence-corrected chi connectivity index (χ1v) is 6.81. The molecule has 0 aliphatic rings. The predicted octanol–water partition coefficient (Wildman–Crippen LogP) is 1.77. The van der Waals surface area contributed by atoms with E-state index in [1.807, 2.05) is 6.07 Å². The largest absolute Gasteiger partial charge is 0.383 e. The fraction of sp³-hybridized carbons (Fsp3) is 0.600. The third kappa shape index (κ3) is 5.17. The van der Waals surface area contributed by atoms with Gasteiger partial charge in [0.15, 0.2) is 0 Å². The Labute approximate surface area is 120 Å². The molecule has 0 bridgehead atoms. The molecule has 1 unspecified atom stereocenters. The van der Waals surface area contributed by atoms with Gasteiger partial charge in [-0.3, -0.25) is 4.90 Å². The maximum absolute atomic E-state index is 13.9. The molecule has 0 fully saturated rings. The lowest BCUT2D eigenvalue weighted by Crippen LogP contribution is -2.38. The number of rotatable bonds is 9. The fourth-order valence-electron chi connectivity index (χ4n) is 2.11. The molecule has 1 atom stereocenters. The summed E-state index contributed by atoms with van der Waals surface area (Å²) in [6.45, 7) is 4.93. The normalized spacial score (nSPS) is 12.9. The highest BCUT2D eigenvalue weighted by Gasteiger charge is 2.16. The minimum atomic E-state index is -0.200. The lowest BCUT2D eigenvalue weighted by molar-refractivity contribution is 0.0698. The third-order valence-corrected chi connectivity index (χ3v) is 3.33. The zero-order valence-electron chi connectivity index (χ0n) is 12.6. The van der Waals surface area contributed by atoms with Crippen molar-refractivity contribution in [2.45, 2.75) is 26.1 Å². The molecule has 114 valence electrons. The molecule has 0 spiro atoms. The number of nitrogens with two attached hydrogens (primary N) is 1. The number of hydrogen-bond donors (Lipinski definition) is 1. The summed E-state index contributed by atoms with van der Waals surface area (Å²) in [4.78, 5) is 2.14. The van der Waals surface area contributed by atoms with Gasteiger partial charge in [0, 0.05) is 45.5 Å². The third-order valence-electron chi connectivity index (χ3n) is 3.33. The van der Waals surface area contributed by atoms with Crippen molar-refractivity contribution < 1.29 is 13.9 Å². The molecule has 0 saturated heterocycles. The zero-order valence-corrected chi connectivity index (χ0v) is 12.6. The van der Waals surface area contributed by atoms with E-state index in [9.17, 15) is 4.39 Å². The number of methoxy groups -OCH3 is 2. The maximum Gasteiger partial charge on any atom is 0.127 e. The number of halogens is 1. The fourth-order valence-corrected chi connectivity index (χ4v) is 2.11. The quantitative estimate of drug-likeness (QED) is 0.751. The monoisotopic (exact) mass is 284 g/mol. The van der Waals surface area contributed by atoms with E-state index >= 15 is 0 Å². The summed E-state index contributed by atoms with van der Waals surface area (Å²) < 4.78 is 24.2. The van der Waals surface area contributed by atoms with Gasteiger partial charge in [-0.25, -0.2) is 4.39 Å². The Kier molecular flexibility index (Phi) is 7.69. The van der Waals surface area contributed by atoms with Crippen LogP contribution in [0.1, 0.15) is 18.1 Å². The van der Waals surface area contributed by atoms with Gasteiger partial charge in [0.25, 0.3) is 0 Å². The smallest absolute Gasteiger partial charge is 0.127 e. The van der Waals surface area contributed by atoms with Crippen LogP contribution in [0, 0.1) is 5.82 Å². The second-order valence-electron chi connectivity index (χ2n) is 4.90. The molecule has 1 rings (SSSR count). The Hall–Kier alpha value is -1.01. The highest BCUT2D eigenvalue weighted by molar-refractivity contribution is 5.25. The van der Waals surface area contributed by atoms with Gasteiger partial charge in [-0.1, -0.05) is 12.1 Å². The molecule has 0 aliphatic carbocycles. The van der Waals surface area contributed by atoms with Crippen molar-refractivity contribution in [3.05, 3.63) is 35.1 Å². The van der Waals surface area contributed by atoms with E-state index in [4.69, 9.17) is 15.2 Å². The number of hydrogen-bond acceptors (Lipinski definition) is 4. The summed E-state index contributed by atoms with van der Waals surface area (Å²) in [7, 11) is 3.33. The Morgan fingerprint density at radius 2 is 2.05 bits per heavy atom. The first-order valence-electron chi connectivity index (χ1n) is 6.81. The van der Waals surface area contributed by atoms with Crippen molar-refractivity contribution in [3.8, 4) is 0 Å². The van der Waals surface area contributed by atoms with Gasteiger partial charge < -0.3 is 15.2 Å². The number of benzene rings is 1. The van der Waals surface area contributed by atoms with Gasteiger partial charge in [0.1, 0.15) is 5.82 Å². The van der Waals surface area contributed by atoms with Crippen LogP contribution in [0.4, 0.5) is 4.39 Å². The van der Waals surface area contributed by atoms with Gasteiger partial charge in [0.2, 0.25) is 0 Å². The standard InChI is InChI=1S/C15H25FN2O2/c1-12(11-20-3)18(6-7-19-2)10-14-8-13(9-17)4-5-15(14)16/h4-5,8,12H,6-7,9-11,17H2,1-3H3. The first-order chi connectivity index (χ1) is 9.62. The first kappa shape index (κ1) is 17.0. The van der Waals surface area contributed by atoms with Gasteiger partial charge in [-0.2, -0.15) is 0 Å². The molecule has 0 heterocycles. The summed E-state index contributed by atoms with van der Waals surface area (Å²) in [5, 5.41) is 0. The molecule has 0 saturated carbocycles. The predicted molar refractivity (Wildman–Crippen MR) is 77.9 cm³/mol. The molecule has 0 aromatic heterocycles. The van der Waals surface area contributed by atoms with Crippen molar-refractivity contribution in [3.63, 3.8) is 0 Å². The summed E-state index contributed by atoms with van der Waals surface area (Å²) in [6.07, 6.45) is 0. The van der Waals surface area contributed by atoms with Crippen LogP contribution >= 0.6 is 0 Å². The van der Waals surface area contributed by atoms with E-state index in [1.165, 1.54) is 6.07 Å². The summed E-state index contributed by atoms with van der Waals surface area (Å²) in [6, 6.07) is 5.22. The second kappa shape index (κ2) is 9.02. The second-order valence-corrected chi connectivity index (χ2v) is 4.90. The molecule has 0 amide bonds. The van der Waals surface area contributed by atoms with Crippen LogP contribution in [0.3, 0.4) is 0 Å². The molecule has 20 heavy (non-hydrogen) atoms. The topological polar surface area (TPSA) is 47.7 Å². The Morgan fingerprint density at radius 3 is 2.65 bits per heavy atom. The van der Waals surface area contributed by atoms with Gasteiger partial charge >= 0.3 is 0 Å². The molecule has 2 N–H and O–H groups in total. The lowest BCUT2D eigenvalue weighted by atomic mass is 10.1. The highest BCUT2D eigenvalue weighted by Crippen LogP contribution is 2.15. The van der Waals surface area contributed by atoms with E-state index in [0.29, 0.717) is 31.9 Å². The lowest BCUT2D eigenvalue weighted by Gasteiger charge is -2.28. The Balaban J connectivity index is 2.81. The zero-order chi connectivity index (χ0) is 15.0. The minimum absolute atomic E-state index is 0.191. The van der Waals surface area contributed by atoms with E-state index < -0.39 is 0 Å². The van der Waals surface area contributed by atoms with Crippen molar-refractivity contribution in [1.29, 1.82) is 0 Å². The van der Waals surface area contributed by atoms with E-state index in [1.54, 1.807) is 20.3 Å². The van der Waals surface area contributed by atoms with Crippen LogP contribution in [-0.2, 0) is 22.6 Å². The highest BCUT2D eigenvalue weighted by atomic mass is 19.1. The van der Waals surface area contributed by atoms with Crippen LogP contribution < -0.4 is 5.73 Å². The molecule has 1 aromatic carbocycles. The van der Waals surface area contributed by atoms with Crippen LogP contribution in [0.15, 0.2) is 18.2 Å². The SMILES string of the molecule is COCCN(Cc1cc(CN)ccc1F)C(C)COC. The van der Waals surface area contributed by atoms with Crippen LogP contribution in [0.5, 0.6) is 0 Å². The van der Waals surface area contributed by atoms with Crippen molar-refractivity contribution >= 4 is 0 Å². The summed E-state index contributed by atoms with van der Waals surface area (Å²) in [5.41, 5.74) is 7.21. The molecule has 0 aliphatic heterocycles. The molecule has 5 heteroatoms. The average Bonchev–Trinajstić information content (AvgIpc) is 2.45. The molecule has 0 radical (unpaired) electrons.